The van der Waals surface area contributed by atoms with Gasteiger partial charge in [0.25, 0.3) is 0 Å². The maximum Gasteiger partial charge on any atom is 0.573 e. The molecule has 3 atom stereocenters. The van der Waals surface area contributed by atoms with E-state index in [1.165, 1.54) is 17.7 Å². The minimum absolute atomic E-state index is 0.0508. The highest BCUT2D eigenvalue weighted by molar-refractivity contribution is 5.44. The fourth-order valence-corrected chi connectivity index (χ4v) is 4.92. The lowest BCUT2D eigenvalue weighted by molar-refractivity contribution is -0.274. The van der Waals surface area contributed by atoms with E-state index >= 15 is 0 Å². The Morgan fingerprint density at radius 3 is 2.61 bits per heavy atom. The van der Waals surface area contributed by atoms with Gasteiger partial charge in [-0.15, -0.1) is 13.2 Å². The van der Waals surface area contributed by atoms with Gasteiger partial charge in [0.05, 0.1) is 24.4 Å². The Labute approximate surface area is 179 Å². The molecule has 0 radical (unpaired) electrons. The van der Waals surface area contributed by atoms with Crippen LogP contribution in [0.3, 0.4) is 0 Å². The summed E-state index contributed by atoms with van der Waals surface area (Å²) in [5.74, 6) is 0.368. The van der Waals surface area contributed by atoms with Crippen molar-refractivity contribution in [2.24, 2.45) is 0 Å². The van der Waals surface area contributed by atoms with Crippen LogP contribution >= 0.6 is 0 Å². The molecule has 1 aliphatic carbocycles. The zero-order valence-electron chi connectivity index (χ0n) is 17.2. The lowest BCUT2D eigenvalue weighted by Gasteiger charge is -2.41. The van der Waals surface area contributed by atoms with Gasteiger partial charge >= 0.3 is 6.36 Å². The van der Waals surface area contributed by atoms with Crippen LogP contribution in [0.5, 0.6) is 11.5 Å². The number of hydrogen-bond donors (Lipinski definition) is 1. The summed E-state index contributed by atoms with van der Waals surface area (Å²) in [6, 6.07) is 14.7. The molecule has 5 rings (SSSR count). The quantitative estimate of drug-likeness (QED) is 0.677. The fourth-order valence-electron chi connectivity index (χ4n) is 4.92. The van der Waals surface area contributed by atoms with Crippen molar-refractivity contribution in [1.29, 1.82) is 0 Å². The number of rotatable bonds is 5. The third-order valence-corrected chi connectivity index (χ3v) is 6.42. The summed E-state index contributed by atoms with van der Waals surface area (Å²) in [5, 5.41) is 3.61. The van der Waals surface area contributed by atoms with Crippen LogP contribution in [0, 0.1) is 0 Å². The van der Waals surface area contributed by atoms with Crippen LogP contribution in [-0.2, 0) is 4.74 Å². The third-order valence-electron chi connectivity index (χ3n) is 6.42. The van der Waals surface area contributed by atoms with E-state index in [0.29, 0.717) is 12.4 Å². The molecule has 3 fully saturated rings. The smallest absolute Gasteiger partial charge is 0.490 e. The molecule has 1 N–H and O–H groups in total. The van der Waals surface area contributed by atoms with E-state index in [1.54, 1.807) is 6.07 Å². The molecular weight excluding hydrogens is 407 g/mol. The van der Waals surface area contributed by atoms with Crippen LogP contribution in [0.2, 0.25) is 0 Å². The molecule has 31 heavy (non-hydrogen) atoms. The first-order valence-corrected chi connectivity index (χ1v) is 10.9. The van der Waals surface area contributed by atoms with Crippen molar-refractivity contribution in [2.75, 3.05) is 13.2 Å². The lowest BCUT2D eigenvalue weighted by Crippen LogP contribution is -2.48. The second kappa shape index (κ2) is 8.02. The van der Waals surface area contributed by atoms with Gasteiger partial charge in [-0.1, -0.05) is 30.3 Å². The number of benzene rings is 2. The molecular formula is C24H26F3NO3. The van der Waals surface area contributed by atoms with E-state index in [4.69, 9.17) is 9.47 Å². The van der Waals surface area contributed by atoms with Crippen LogP contribution in [0.15, 0.2) is 48.5 Å². The van der Waals surface area contributed by atoms with Crippen LogP contribution in [-0.4, -0.2) is 31.2 Å². The molecule has 1 spiro atoms. The average Bonchev–Trinajstić information content (AvgIpc) is 3.47. The van der Waals surface area contributed by atoms with Gasteiger partial charge in [-0.2, -0.15) is 0 Å². The Hall–Kier alpha value is -2.25. The van der Waals surface area contributed by atoms with E-state index in [0.717, 1.165) is 44.2 Å². The maximum absolute atomic E-state index is 12.8. The first kappa shape index (κ1) is 20.6. The van der Waals surface area contributed by atoms with Gasteiger partial charge in [-0.3, -0.25) is 0 Å². The van der Waals surface area contributed by atoms with E-state index in [1.807, 2.05) is 18.2 Å². The first-order chi connectivity index (χ1) is 14.9. The Morgan fingerprint density at radius 2 is 1.87 bits per heavy atom. The maximum atomic E-state index is 12.8. The van der Waals surface area contributed by atoms with Crippen molar-refractivity contribution in [2.45, 2.75) is 62.1 Å². The second-order valence-corrected chi connectivity index (χ2v) is 8.74. The number of halogens is 3. The molecule has 3 aliphatic rings. The summed E-state index contributed by atoms with van der Waals surface area (Å²) in [7, 11) is 0. The number of nitrogens with one attached hydrogen (secondary N) is 1. The lowest BCUT2D eigenvalue weighted by atomic mass is 9.77. The predicted molar refractivity (Wildman–Crippen MR) is 109 cm³/mol. The minimum Gasteiger partial charge on any atom is -0.490 e. The molecule has 0 aromatic heterocycles. The van der Waals surface area contributed by atoms with Crippen molar-refractivity contribution >= 4 is 0 Å². The summed E-state index contributed by atoms with van der Waals surface area (Å²) >= 11 is 0. The van der Waals surface area contributed by atoms with E-state index in [-0.39, 0.29) is 29.4 Å². The number of ether oxygens (including phenoxy) is 3. The van der Waals surface area contributed by atoms with Gasteiger partial charge in [0.15, 0.2) is 0 Å². The number of hydrogen-bond acceptors (Lipinski definition) is 4. The molecule has 2 aliphatic heterocycles. The Balaban J connectivity index is 1.44. The van der Waals surface area contributed by atoms with Crippen LogP contribution in [0.25, 0.3) is 0 Å². The largest absolute Gasteiger partial charge is 0.573 e. The molecule has 0 unspecified atom stereocenters. The molecule has 2 saturated heterocycles. The standard InChI is InChI=1S/C24H26F3NO3/c25-24(26,27)31-19-9-10-21(30-18-7-8-18)20(13-19)17-14-23(29-15-17)11-4-12-28-22(23)16-5-2-1-3-6-16/h1-3,5-6,9-10,13,17-18,22,28H,4,7-8,11-12,14-15H2/t17-,22-,23+/m0/s1. The van der Waals surface area contributed by atoms with Crippen LogP contribution in [0.1, 0.15) is 55.2 Å². The molecule has 0 amide bonds. The Bertz CT molecular complexity index is 916. The summed E-state index contributed by atoms with van der Waals surface area (Å²) in [5.41, 5.74) is 1.52. The van der Waals surface area contributed by atoms with Crippen molar-refractivity contribution in [1.82, 2.24) is 5.32 Å². The predicted octanol–water partition coefficient (Wildman–Crippen LogP) is 5.49. The molecule has 2 aromatic rings. The summed E-state index contributed by atoms with van der Waals surface area (Å²) in [6.45, 7) is 1.36. The van der Waals surface area contributed by atoms with Gasteiger partial charge in [-0.25, -0.2) is 0 Å². The zero-order chi connectivity index (χ0) is 21.5. The van der Waals surface area contributed by atoms with Gasteiger partial charge < -0.3 is 19.5 Å². The molecule has 166 valence electrons. The molecule has 7 heteroatoms. The Kier molecular flexibility index (Phi) is 5.34. The van der Waals surface area contributed by atoms with E-state index < -0.39 is 6.36 Å². The van der Waals surface area contributed by atoms with Crippen molar-refractivity contribution in [3.63, 3.8) is 0 Å². The summed E-state index contributed by atoms with van der Waals surface area (Å²) in [4.78, 5) is 0. The monoisotopic (exact) mass is 433 g/mol. The van der Waals surface area contributed by atoms with Crippen molar-refractivity contribution < 1.29 is 27.4 Å². The second-order valence-electron chi connectivity index (χ2n) is 8.74. The summed E-state index contributed by atoms with van der Waals surface area (Å²) in [6.07, 6.45) is 0.00624. The topological polar surface area (TPSA) is 39.7 Å². The average molecular weight is 433 g/mol. The molecule has 2 aromatic carbocycles. The van der Waals surface area contributed by atoms with Crippen molar-refractivity contribution in [3.05, 3.63) is 59.7 Å². The molecule has 1 saturated carbocycles. The normalized spacial score (nSPS) is 28.6. The van der Waals surface area contributed by atoms with Gasteiger partial charge in [0, 0.05) is 11.5 Å². The molecule has 4 nitrogen and oxygen atoms in total. The highest BCUT2D eigenvalue weighted by Crippen LogP contribution is 2.50. The first-order valence-electron chi connectivity index (χ1n) is 10.9. The third kappa shape index (κ3) is 4.53. The van der Waals surface area contributed by atoms with E-state index in [2.05, 4.69) is 22.2 Å². The van der Waals surface area contributed by atoms with Crippen LogP contribution in [0.4, 0.5) is 13.2 Å². The summed E-state index contributed by atoms with van der Waals surface area (Å²) < 4.78 is 55.1. The fraction of sp³-hybridized carbons (Fsp3) is 0.500. The van der Waals surface area contributed by atoms with Gasteiger partial charge in [-0.05, 0) is 62.4 Å². The Morgan fingerprint density at radius 1 is 1.06 bits per heavy atom. The number of piperidine rings is 1. The SMILES string of the molecule is FC(F)(F)Oc1ccc(OC2CC2)c([C@@H]2CO[C@]3(CCCN[C@H]3c3ccccc3)C2)c1. The molecule has 2 heterocycles. The van der Waals surface area contributed by atoms with Gasteiger partial charge in [0.2, 0.25) is 0 Å². The highest BCUT2D eigenvalue weighted by Gasteiger charge is 2.49. The number of alkyl halides is 3. The minimum atomic E-state index is -4.73. The highest BCUT2D eigenvalue weighted by atomic mass is 19.4. The zero-order valence-corrected chi connectivity index (χ0v) is 17.2. The molecule has 0 bridgehead atoms. The van der Waals surface area contributed by atoms with Crippen LogP contribution < -0.4 is 14.8 Å². The van der Waals surface area contributed by atoms with Crippen molar-refractivity contribution in [3.8, 4) is 11.5 Å². The van der Waals surface area contributed by atoms with E-state index in [9.17, 15) is 13.2 Å². The van der Waals surface area contributed by atoms with Gasteiger partial charge in [0.1, 0.15) is 11.5 Å².